The summed E-state index contributed by atoms with van der Waals surface area (Å²) in [6, 6.07) is 3.79. The lowest BCUT2D eigenvalue weighted by atomic mass is 9.92. The molecule has 0 saturated heterocycles. The second-order valence-corrected chi connectivity index (χ2v) is 4.93. The Morgan fingerprint density at radius 3 is 2.65 bits per heavy atom. The van der Waals surface area contributed by atoms with Crippen LogP contribution >= 0.6 is 0 Å². The van der Waals surface area contributed by atoms with E-state index in [1.165, 1.54) is 0 Å². The molecule has 0 aliphatic rings. The molecule has 2 N–H and O–H groups in total. The van der Waals surface area contributed by atoms with Crippen LogP contribution in [0.2, 0.25) is 0 Å². The van der Waals surface area contributed by atoms with E-state index >= 15 is 0 Å². The van der Waals surface area contributed by atoms with Crippen molar-refractivity contribution in [1.82, 2.24) is 19.7 Å². The summed E-state index contributed by atoms with van der Waals surface area (Å²) in [6.07, 6.45) is 3.47. The Balaban J connectivity index is 2.50. The van der Waals surface area contributed by atoms with E-state index in [4.69, 9.17) is 5.73 Å². The molecule has 0 fully saturated rings. The van der Waals surface area contributed by atoms with Gasteiger partial charge in [0.1, 0.15) is 0 Å². The molecular weight excluding hydrogens is 214 g/mol. The van der Waals surface area contributed by atoms with Crippen molar-refractivity contribution in [3.05, 3.63) is 35.9 Å². The highest BCUT2D eigenvalue weighted by Crippen LogP contribution is 2.22. The van der Waals surface area contributed by atoms with Gasteiger partial charge in [-0.3, -0.25) is 0 Å². The summed E-state index contributed by atoms with van der Waals surface area (Å²) in [5.74, 6) is 0.572. The molecule has 2 aromatic rings. The van der Waals surface area contributed by atoms with Gasteiger partial charge in [0.05, 0.1) is 11.4 Å². The topological polar surface area (TPSA) is 69.6 Å². The molecule has 90 valence electrons. The van der Waals surface area contributed by atoms with Gasteiger partial charge in [-0.25, -0.2) is 14.6 Å². The molecule has 0 radical (unpaired) electrons. The lowest BCUT2D eigenvalue weighted by Gasteiger charge is -2.19. The molecule has 5 nitrogen and oxygen atoms in total. The molecule has 2 aromatic heterocycles. The molecule has 0 aliphatic heterocycles. The summed E-state index contributed by atoms with van der Waals surface area (Å²) >= 11 is 0. The Morgan fingerprint density at radius 1 is 1.24 bits per heavy atom. The number of nitrogens with zero attached hydrogens (tertiary/aromatic N) is 4. The maximum atomic E-state index is 5.58. The van der Waals surface area contributed by atoms with Crippen LogP contribution in [0.5, 0.6) is 0 Å². The summed E-state index contributed by atoms with van der Waals surface area (Å²) in [7, 11) is 0. The van der Waals surface area contributed by atoms with E-state index in [2.05, 4.69) is 35.8 Å². The molecule has 17 heavy (non-hydrogen) atoms. The van der Waals surface area contributed by atoms with Crippen LogP contribution in [0.15, 0.2) is 24.5 Å². The summed E-state index contributed by atoms with van der Waals surface area (Å²) in [5, 5.41) is 4.28. The third-order valence-electron chi connectivity index (χ3n) is 2.51. The Hall–Kier alpha value is -1.75. The highest BCUT2D eigenvalue weighted by atomic mass is 15.3. The second kappa shape index (κ2) is 4.25. The van der Waals surface area contributed by atoms with Gasteiger partial charge in [-0.05, 0) is 12.1 Å². The van der Waals surface area contributed by atoms with Gasteiger partial charge in [-0.1, -0.05) is 20.8 Å². The molecule has 0 unspecified atom stereocenters. The van der Waals surface area contributed by atoms with Gasteiger partial charge in [0, 0.05) is 24.4 Å². The normalized spacial score (nSPS) is 11.8. The van der Waals surface area contributed by atoms with Crippen molar-refractivity contribution >= 4 is 0 Å². The van der Waals surface area contributed by atoms with Gasteiger partial charge < -0.3 is 5.73 Å². The van der Waals surface area contributed by atoms with Gasteiger partial charge in [-0.15, -0.1) is 0 Å². The minimum Gasteiger partial charge on any atom is -0.325 e. The lowest BCUT2D eigenvalue weighted by Crippen LogP contribution is -2.19. The predicted octanol–water partition coefficient (Wildman–Crippen LogP) is 1.42. The van der Waals surface area contributed by atoms with Crippen molar-refractivity contribution < 1.29 is 0 Å². The highest BCUT2D eigenvalue weighted by Gasteiger charge is 2.20. The van der Waals surface area contributed by atoms with Crippen molar-refractivity contribution in [2.24, 2.45) is 5.73 Å². The molecule has 2 heterocycles. The van der Waals surface area contributed by atoms with Crippen LogP contribution in [0, 0.1) is 0 Å². The third kappa shape index (κ3) is 2.34. The Morgan fingerprint density at radius 2 is 2.00 bits per heavy atom. The predicted molar refractivity (Wildman–Crippen MR) is 65.7 cm³/mol. The highest BCUT2D eigenvalue weighted by molar-refractivity contribution is 5.22. The van der Waals surface area contributed by atoms with E-state index in [9.17, 15) is 0 Å². The molecule has 0 saturated carbocycles. The number of hydrogen-bond acceptors (Lipinski definition) is 4. The average molecular weight is 231 g/mol. The van der Waals surface area contributed by atoms with Crippen LogP contribution in [-0.4, -0.2) is 19.7 Å². The zero-order valence-electron chi connectivity index (χ0n) is 10.4. The molecule has 0 bridgehead atoms. The Labute approximate surface area is 101 Å². The Kier molecular flexibility index (Phi) is 2.93. The lowest BCUT2D eigenvalue weighted by molar-refractivity contribution is 0.537. The maximum Gasteiger partial charge on any atom is 0.251 e. The van der Waals surface area contributed by atoms with Crippen LogP contribution < -0.4 is 5.73 Å². The zero-order chi connectivity index (χ0) is 12.5. The molecule has 0 amide bonds. The summed E-state index contributed by atoms with van der Waals surface area (Å²) in [5.41, 5.74) is 7.46. The fourth-order valence-corrected chi connectivity index (χ4v) is 1.63. The third-order valence-corrected chi connectivity index (χ3v) is 2.51. The smallest absolute Gasteiger partial charge is 0.251 e. The van der Waals surface area contributed by atoms with Crippen LogP contribution in [0.1, 0.15) is 32.2 Å². The molecule has 2 rings (SSSR count). The first-order valence-corrected chi connectivity index (χ1v) is 5.59. The standard InChI is InChI=1S/C12H17N5/c1-12(2,3)10-5-7-15-17(10)11-14-6-4-9(8-13)16-11/h4-7H,8,13H2,1-3H3. The van der Waals surface area contributed by atoms with Gasteiger partial charge in [0.2, 0.25) is 0 Å². The van der Waals surface area contributed by atoms with E-state index in [-0.39, 0.29) is 5.41 Å². The van der Waals surface area contributed by atoms with Crippen LogP contribution in [0.25, 0.3) is 5.95 Å². The fourth-order valence-electron chi connectivity index (χ4n) is 1.63. The van der Waals surface area contributed by atoms with E-state index < -0.39 is 0 Å². The van der Waals surface area contributed by atoms with E-state index in [0.717, 1.165) is 11.4 Å². The molecule has 0 atom stereocenters. The van der Waals surface area contributed by atoms with Gasteiger partial charge >= 0.3 is 0 Å². The van der Waals surface area contributed by atoms with Gasteiger partial charge in [0.15, 0.2) is 0 Å². The first kappa shape index (κ1) is 11.7. The number of rotatable bonds is 2. The molecule has 0 spiro atoms. The van der Waals surface area contributed by atoms with Gasteiger partial charge in [-0.2, -0.15) is 5.10 Å². The summed E-state index contributed by atoms with van der Waals surface area (Å²) < 4.78 is 1.76. The minimum absolute atomic E-state index is 0.00141. The zero-order valence-corrected chi connectivity index (χ0v) is 10.4. The van der Waals surface area contributed by atoms with E-state index in [1.807, 2.05) is 12.1 Å². The van der Waals surface area contributed by atoms with Crippen LogP contribution in [-0.2, 0) is 12.0 Å². The van der Waals surface area contributed by atoms with Gasteiger partial charge in [0.25, 0.3) is 5.95 Å². The summed E-state index contributed by atoms with van der Waals surface area (Å²) in [4.78, 5) is 8.61. The quantitative estimate of drug-likeness (QED) is 0.848. The monoisotopic (exact) mass is 231 g/mol. The molecule has 0 aromatic carbocycles. The fraction of sp³-hybridized carbons (Fsp3) is 0.417. The van der Waals surface area contributed by atoms with Crippen LogP contribution in [0.4, 0.5) is 0 Å². The minimum atomic E-state index is -0.00141. The van der Waals surface area contributed by atoms with Crippen molar-refractivity contribution in [3.63, 3.8) is 0 Å². The van der Waals surface area contributed by atoms with E-state index in [1.54, 1.807) is 17.1 Å². The summed E-state index contributed by atoms with van der Waals surface area (Å²) in [6.45, 7) is 6.80. The van der Waals surface area contributed by atoms with E-state index in [0.29, 0.717) is 12.5 Å². The van der Waals surface area contributed by atoms with Crippen LogP contribution in [0.3, 0.4) is 0 Å². The molecule has 5 heteroatoms. The second-order valence-electron chi connectivity index (χ2n) is 4.93. The first-order valence-electron chi connectivity index (χ1n) is 5.59. The van der Waals surface area contributed by atoms with Crippen molar-refractivity contribution in [1.29, 1.82) is 0 Å². The largest absolute Gasteiger partial charge is 0.325 e. The molecule has 0 aliphatic carbocycles. The first-order chi connectivity index (χ1) is 8.02. The van der Waals surface area contributed by atoms with Crippen molar-refractivity contribution in [2.75, 3.05) is 0 Å². The van der Waals surface area contributed by atoms with Crippen molar-refractivity contribution in [3.8, 4) is 5.95 Å². The number of aromatic nitrogens is 4. The SMILES string of the molecule is CC(C)(C)c1ccnn1-c1nccc(CN)n1. The Bertz CT molecular complexity index is 510. The average Bonchev–Trinajstić information content (AvgIpc) is 2.77. The molecular formula is C12H17N5. The maximum absolute atomic E-state index is 5.58. The number of nitrogens with two attached hydrogens (primary N) is 1. The number of hydrogen-bond donors (Lipinski definition) is 1. The van der Waals surface area contributed by atoms with Crippen molar-refractivity contribution in [2.45, 2.75) is 32.7 Å².